The first-order valence-corrected chi connectivity index (χ1v) is 25.4. The Kier molecular flexibility index (Phi) is 18.2. The molecule has 2 atom stereocenters. The van der Waals surface area contributed by atoms with Crippen molar-refractivity contribution in [3.63, 3.8) is 0 Å². The van der Waals surface area contributed by atoms with Crippen LogP contribution in [0.2, 0.25) is 0 Å². The smallest absolute Gasteiger partial charge is 0.410 e. The molecule has 8 aromatic rings. The monoisotopic (exact) mass is 1030 g/mol. The van der Waals surface area contributed by atoms with Gasteiger partial charge in [-0.05, 0) is 132 Å². The van der Waals surface area contributed by atoms with Gasteiger partial charge >= 0.3 is 6.09 Å². The summed E-state index contributed by atoms with van der Waals surface area (Å²) in [5, 5.41) is 27.6. The van der Waals surface area contributed by atoms with E-state index in [-0.39, 0.29) is 41.2 Å². The van der Waals surface area contributed by atoms with Gasteiger partial charge < -0.3 is 19.1 Å². The van der Waals surface area contributed by atoms with Crippen molar-refractivity contribution in [3.05, 3.63) is 179 Å². The van der Waals surface area contributed by atoms with E-state index in [2.05, 4.69) is 148 Å². The highest BCUT2D eigenvalue weighted by atomic mass is 35.5. The predicted molar refractivity (Wildman–Crippen MR) is 293 cm³/mol. The number of benzene rings is 4. The summed E-state index contributed by atoms with van der Waals surface area (Å²) in [6.45, 7) is 22.2. The average molecular weight is 1030 g/mol. The van der Waals surface area contributed by atoms with Crippen molar-refractivity contribution in [2.75, 3.05) is 13.1 Å². The molecule has 16 heteroatoms. The fourth-order valence-corrected chi connectivity index (χ4v) is 9.40. The zero-order valence-corrected chi connectivity index (χ0v) is 45.4. The number of aromatic amines is 1. The molecule has 1 amide bonds. The Morgan fingerprint density at radius 2 is 1.05 bits per heavy atom. The number of amides is 1. The number of hydrogen-bond donors (Lipinski definition) is 1. The third-order valence-electron chi connectivity index (χ3n) is 12.9. The summed E-state index contributed by atoms with van der Waals surface area (Å²) in [4.78, 5) is 24.5. The highest BCUT2D eigenvalue weighted by Crippen LogP contribution is 2.43. The fraction of sp³-hybridized carbons (Fsp3) is 0.373. The summed E-state index contributed by atoms with van der Waals surface area (Å²) in [6, 6.07) is 45.3. The zero-order chi connectivity index (χ0) is 52.3. The molecule has 4 aromatic heterocycles. The van der Waals surface area contributed by atoms with Crippen LogP contribution in [0.15, 0.2) is 146 Å². The number of tetrazole rings is 2. The first kappa shape index (κ1) is 55.2. The molecule has 392 valence electrons. The van der Waals surface area contributed by atoms with Crippen molar-refractivity contribution < 1.29 is 19.0 Å². The molecule has 4 aromatic carbocycles. The molecule has 1 aliphatic rings. The minimum absolute atomic E-state index is 0. The SMILES string of the molecule is CC(C)(C)C(c1ccc(OCc2ccccn2)cc1)c1ccc(-c2nn[nH]n2)cc1.CC(C)(C)OC(=O)N1CCC(Cn2nnc(-c3ccc(C(c4ccc(OCc5ccccn5)cc4)C(C)(C)C)cc3)n2)CC1.Cl. The van der Waals surface area contributed by atoms with Crippen LogP contribution in [0.1, 0.15) is 121 Å². The second kappa shape index (κ2) is 24.7. The van der Waals surface area contributed by atoms with E-state index in [1.54, 1.807) is 22.1 Å². The number of nitrogens with zero attached hydrogens (tertiary/aromatic N) is 10. The van der Waals surface area contributed by atoms with Gasteiger partial charge in [0.05, 0.1) is 17.9 Å². The summed E-state index contributed by atoms with van der Waals surface area (Å²) >= 11 is 0. The lowest BCUT2D eigenvalue weighted by atomic mass is 9.72. The highest BCUT2D eigenvalue weighted by Gasteiger charge is 2.31. The summed E-state index contributed by atoms with van der Waals surface area (Å²) in [7, 11) is 0. The van der Waals surface area contributed by atoms with Crippen LogP contribution in [0.5, 0.6) is 11.5 Å². The number of hydrogen-bond acceptors (Lipinski definition) is 12. The van der Waals surface area contributed by atoms with Gasteiger partial charge in [0.2, 0.25) is 11.6 Å². The Hall–Kier alpha value is -7.52. The van der Waals surface area contributed by atoms with Gasteiger partial charge in [-0.3, -0.25) is 9.97 Å². The van der Waals surface area contributed by atoms with Gasteiger partial charge in [-0.25, -0.2) is 4.79 Å². The molecular weight excluding hydrogens is 962 g/mol. The van der Waals surface area contributed by atoms with E-state index >= 15 is 0 Å². The molecular formula is C59H70ClN11O4. The van der Waals surface area contributed by atoms with Crippen LogP contribution in [-0.4, -0.2) is 80.5 Å². The number of H-pyrrole nitrogens is 1. The number of pyridine rings is 2. The lowest BCUT2D eigenvalue weighted by molar-refractivity contribution is 0.0175. The quantitative estimate of drug-likeness (QED) is 0.109. The summed E-state index contributed by atoms with van der Waals surface area (Å²) in [6.07, 6.45) is 5.09. The van der Waals surface area contributed by atoms with E-state index in [4.69, 9.17) is 14.2 Å². The summed E-state index contributed by atoms with van der Waals surface area (Å²) in [5.41, 5.74) is 8.21. The zero-order valence-electron chi connectivity index (χ0n) is 44.6. The number of carbonyl (C=O) groups excluding carboxylic acids is 1. The number of rotatable bonds is 14. The van der Waals surface area contributed by atoms with Gasteiger partial charge in [0.25, 0.3) is 0 Å². The number of halogens is 1. The van der Waals surface area contributed by atoms with E-state index in [1.807, 2.05) is 93.6 Å². The largest absolute Gasteiger partial charge is 0.487 e. The van der Waals surface area contributed by atoms with Crippen molar-refractivity contribution in [1.82, 2.24) is 55.7 Å². The maximum atomic E-state index is 12.4. The molecule has 1 N–H and O–H groups in total. The van der Waals surface area contributed by atoms with Crippen molar-refractivity contribution in [2.45, 2.75) is 112 Å². The van der Waals surface area contributed by atoms with Crippen LogP contribution in [0.3, 0.4) is 0 Å². The highest BCUT2D eigenvalue weighted by molar-refractivity contribution is 5.85. The Labute approximate surface area is 447 Å². The van der Waals surface area contributed by atoms with Crippen molar-refractivity contribution in [3.8, 4) is 34.3 Å². The molecule has 0 radical (unpaired) electrons. The van der Waals surface area contributed by atoms with E-state index < -0.39 is 5.60 Å². The molecule has 1 aliphatic heterocycles. The minimum Gasteiger partial charge on any atom is -0.487 e. The van der Waals surface area contributed by atoms with E-state index in [0.717, 1.165) is 46.9 Å². The van der Waals surface area contributed by atoms with Crippen LogP contribution >= 0.6 is 12.4 Å². The number of nitrogens with one attached hydrogen (secondary N) is 1. The first-order chi connectivity index (χ1) is 35.4. The number of piperidine rings is 1. The average Bonchev–Trinajstić information content (AvgIpc) is 4.10. The van der Waals surface area contributed by atoms with Gasteiger partial charge in [-0.1, -0.05) is 126 Å². The lowest BCUT2D eigenvalue weighted by Crippen LogP contribution is -2.42. The van der Waals surface area contributed by atoms with Gasteiger partial charge in [0.15, 0.2) is 0 Å². The van der Waals surface area contributed by atoms with E-state index in [0.29, 0.717) is 50.4 Å². The molecule has 0 saturated carbocycles. The Morgan fingerprint density at radius 1 is 0.600 bits per heavy atom. The number of carbonyl (C=O) groups is 1. The van der Waals surface area contributed by atoms with Crippen LogP contribution in [0, 0.1) is 16.7 Å². The van der Waals surface area contributed by atoms with Crippen LogP contribution in [0.4, 0.5) is 4.79 Å². The number of aromatic nitrogens is 10. The Morgan fingerprint density at radius 3 is 1.45 bits per heavy atom. The lowest BCUT2D eigenvalue weighted by Gasteiger charge is -2.33. The minimum atomic E-state index is -0.483. The van der Waals surface area contributed by atoms with E-state index in [9.17, 15) is 4.79 Å². The van der Waals surface area contributed by atoms with Crippen LogP contribution in [0.25, 0.3) is 22.8 Å². The molecule has 0 aliphatic carbocycles. The molecule has 5 heterocycles. The number of likely N-dealkylation sites (tertiary alicyclic amines) is 1. The van der Waals surface area contributed by atoms with E-state index in [1.165, 1.54) is 22.3 Å². The van der Waals surface area contributed by atoms with Crippen LogP contribution in [-0.2, 0) is 24.5 Å². The van der Waals surface area contributed by atoms with Gasteiger partial charge in [0, 0.05) is 48.4 Å². The van der Waals surface area contributed by atoms with Crippen molar-refractivity contribution in [1.29, 1.82) is 0 Å². The molecule has 75 heavy (non-hydrogen) atoms. The number of ether oxygens (including phenoxy) is 3. The second-order valence-corrected chi connectivity index (χ2v) is 22.0. The third kappa shape index (κ3) is 15.5. The second-order valence-electron chi connectivity index (χ2n) is 22.0. The molecule has 9 rings (SSSR count). The van der Waals surface area contributed by atoms with Gasteiger partial charge in [0.1, 0.15) is 30.3 Å². The molecule has 2 unspecified atom stereocenters. The van der Waals surface area contributed by atoms with Gasteiger partial charge in [-0.2, -0.15) is 10.0 Å². The molecule has 1 fully saturated rings. The predicted octanol–water partition coefficient (Wildman–Crippen LogP) is 12.6. The Bertz CT molecular complexity index is 2970. The molecule has 15 nitrogen and oxygen atoms in total. The third-order valence-corrected chi connectivity index (χ3v) is 12.9. The molecule has 0 bridgehead atoms. The standard InChI is InChI=1S/C35H44N6O3.C24H25N5O.ClH/c1-34(2,3)31(27-14-16-30(17-15-27)43-24-29-9-7-8-20-36-29)26-10-12-28(13-11-26)32-37-39-41(38-32)23-25-18-21-40(22-19-25)33(42)44-35(4,5)6;1-24(2,3)22(17-7-9-19(10-8-17)23-26-28-29-27-23)18-11-13-21(14-12-18)30-16-20-6-4-5-15-25-20;/h7-17,20,25,31H,18-19,21-24H2,1-6H3;4-15,22H,16H2,1-3H3,(H,26,27,28,29);1H. The van der Waals surface area contributed by atoms with Crippen LogP contribution < -0.4 is 9.47 Å². The normalized spacial score (nSPS) is 13.9. The van der Waals surface area contributed by atoms with Crippen molar-refractivity contribution in [2.24, 2.45) is 16.7 Å². The Balaban J connectivity index is 0.000000231. The maximum Gasteiger partial charge on any atom is 0.410 e. The molecule has 1 saturated heterocycles. The summed E-state index contributed by atoms with van der Waals surface area (Å²) in [5.74, 6) is 3.69. The fourth-order valence-electron chi connectivity index (χ4n) is 9.40. The summed E-state index contributed by atoms with van der Waals surface area (Å²) < 4.78 is 17.4. The van der Waals surface area contributed by atoms with Gasteiger partial charge in [-0.15, -0.1) is 32.8 Å². The topological polar surface area (TPSA) is 172 Å². The first-order valence-electron chi connectivity index (χ1n) is 25.4. The maximum absolute atomic E-state index is 12.4. The molecule has 0 spiro atoms. The van der Waals surface area contributed by atoms with Crippen molar-refractivity contribution >= 4 is 18.5 Å².